The summed E-state index contributed by atoms with van der Waals surface area (Å²) in [5, 5.41) is 9.29. The number of benzene rings is 1. The van der Waals surface area contributed by atoms with Crippen molar-refractivity contribution in [2.75, 3.05) is 0 Å². The molecule has 1 aliphatic rings. The van der Waals surface area contributed by atoms with Crippen molar-refractivity contribution in [1.82, 2.24) is 4.90 Å². The van der Waals surface area contributed by atoms with Crippen molar-refractivity contribution in [2.45, 2.75) is 24.9 Å². The normalized spacial score (nSPS) is 23.7. The van der Waals surface area contributed by atoms with Crippen LogP contribution in [0.5, 0.6) is 0 Å². The molecule has 1 amide bonds. The van der Waals surface area contributed by atoms with Crippen LogP contribution in [0, 0.1) is 11.3 Å². The Balaban J connectivity index is 2.42. The Labute approximate surface area is 106 Å². The van der Waals surface area contributed by atoms with Gasteiger partial charge in [-0.15, -0.1) is 0 Å². The number of primary amides is 1. The molecule has 0 bridgehead atoms. The molecule has 0 fully saturated rings. The summed E-state index contributed by atoms with van der Waals surface area (Å²) >= 11 is 0. The summed E-state index contributed by atoms with van der Waals surface area (Å²) in [6, 6.07) is 10.9. The number of carbonyl (C=O) groups excluding carboxylic acids is 1. The molecule has 18 heavy (non-hydrogen) atoms. The van der Waals surface area contributed by atoms with Crippen LogP contribution >= 0.6 is 0 Å². The molecule has 2 unspecified atom stereocenters. The number of nitrogens with two attached hydrogens (primary N) is 1. The van der Waals surface area contributed by atoms with E-state index in [2.05, 4.69) is 6.07 Å². The SMILES string of the molecule is CC1(C#N)CC=CN1C(C(N)=O)c1ccccc1. The third-order valence-corrected chi connectivity index (χ3v) is 3.26. The van der Waals surface area contributed by atoms with Gasteiger partial charge in [0.2, 0.25) is 5.91 Å². The zero-order chi connectivity index (χ0) is 13.2. The quantitative estimate of drug-likeness (QED) is 0.875. The summed E-state index contributed by atoms with van der Waals surface area (Å²) in [6.07, 6.45) is 4.27. The van der Waals surface area contributed by atoms with E-state index < -0.39 is 17.5 Å². The molecular formula is C14H15N3O. The molecule has 92 valence electrons. The number of nitrogens with zero attached hydrogens (tertiary/aromatic N) is 2. The van der Waals surface area contributed by atoms with Crippen molar-refractivity contribution in [1.29, 1.82) is 5.26 Å². The highest BCUT2D eigenvalue weighted by molar-refractivity contribution is 5.82. The van der Waals surface area contributed by atoms with E-state index in [0.29, 0.717) is 6.42 Å². The number of hydrogen-bond donors (Lipinski definition) is 1. The van der Waals surface area contributed by atoms with E-state index >= 15 is 0 Å². The van der Waals surface area contributed by atoms with E-state index in [1.54, 1.807) is 11.1 Å². The average Bonchev–Trinajstić information content (AvgIpc) is 2.74. The fourth-order valence-corrected chi connectivity index (χ4v) is 2.24. The van der Waals surface area contributed by atoms with Crippen LogP contribution in [0.3, 0.4) is 0 Å². The highest BCUT2D eigenvalue weighted by Gasteiger charge is 2.39. The van der Waals surface area contributed by atoms with E-state index in [4.69, 9.17) is 5.73 Å². The lowest BCUT2D eigenvalue weighted by Crippen LogP contribution is -2.45. The molecule has 2 N–H and O–H groups in total. The lowest BCUT2D eigenvalue weighted by molar-refractivity contribution is -0.123. The zero-order valence-electron chi connectivity index (χ0n) is 10.2. The van der Waals surface area contributed by atoms with Crippen LogP contribution in [0.15, 0.2) is 42.6 Å². The molecule has 0 saturated heterocycles. The molecule has 2 atom stereocenters. The van der Waals surface area contributed by atoms with Gasteiger partial charge in [-0.25, -0.2) is 0 Å². The standard InChI is InChI=1S/C14H15N3O/c1-14(10-15)8-5-9-17(14)12(13(16)18)11-6-3-2-4-7-11/h2-7,9,12H,8H2,1H3,(H2,16,18). The molecule has 0 aromatic heterocycles. The Hall–Kier alpha value is -2.28. The van der Waals surface area contributed by atoms with E-state index in [9.17, 15) is 10.1 Å². The van der Waals surface area contributed by atoms with Gasteiger partial charge in [-0.3, -0.25) is 4.79 Å². The van der Waals surface area contributed by atoms with Gasteiger partial charge in [0.15, 0.2) is 0 Å². The van der Waals surface area contributed by atoms with Crippen molar-refractivity contribution < 1.29 is 4.79 Å². The summed E-state index contributed by atoms with van der Waals surface area (Å²) in [6.45, 7) is 1.81. The van der Waals surface area contributed by atoms with Crippen molar-refractivity contribution in [2.24, 2.45) is 5.73 Å². The number of hydrogen-bond acceptors (Lipinski definition) is 3. The van der Waals surface area contributed by atoms with E-state index in [1.807, 2.05) is 43.3 Å². The second kappa shape index (κ2) is 4.53. The second-order valence-electron chi connectivity index (χ2n) is 4.60. The maximum Gasteiger partial charge on any atom is 0.244 e. The molecule has 1 aromatic rings. The van der Waals surface area contributed by atoms with Crippen LogP contribution in [0.2, 0.25) is 0 Å². The first-order valence-electron chi connectivity index (χ1n) is 5.79. The van der Waals surface area contributed by atoms with Gasteiger partial charge in [0.05, 0.1) is 6.07 Å². The molecule has 0 spiro atoms. The summed E-state index contributed by atoms with van der Waals surface area (Å²) in [7, 11) is 0. The summed E-state index contributed by atoms with van der Waals surface area (Å²) < 4.78 is 0. The molecule has 1 aromatic carbocycles. The van der Waals surface area contributed by atoms with Gasteiger partial charge < -0.3 is 10.6 Å². The van der Waals surface area contributed by atoms with Crippen LogP contribution in [0.1, 0.15) is 24.9 Å². The number of rotatable bonds is 3. The van der Waals surface area contributed by atoms with Crippen LogP contribution < -0.4 is 5.73 Å². The van der Waals surface area contributed by atoms with Gasteiger partial charge in [0, 0.05) is 6.42 Å². The fraction of sp³-hybridized carbons (Fsp3) is 0.286. The van der Waals surface area contributed by atoms with Crippen LogP contribution in [0.25, 0.3) is 0 Å². The minimum Gasteiger partial charge on any atom is -0.368 e. The lowest BCUT2D eigenvalue weighted by atomic mass is 9.96. The van der Waals surface area contributed by atoms with Gasteiger partial charge in [-0.05, 0) is 18.7 Å². The van der Waals surface area contributed by atoms with Crippen LogP contribution in [-0.4, -0.2) is 16.3 Å². The van der Waals surface area contributed by atoms with Crippen molar-refractivity contribution in [3.05, 3.63) is 48.2 Å². The summed E-state index contributed by atoms with van der Waals surface area (Å²) in [4.78, 5) is 13.5. The molecule has 0 aliphatic carbocycles. The molecule has 4 nitrogen and oxygen atoms in total. The molecule has 2 rings (SSSR count). The van der Waals surface area contributed by atoms with E-state index in [1.165, 1.54) is 0 Å². The van der Waals surface area contributed by atoms with Gasteiger partial charge in [0.1, 0.15) is 11.6 Å². The minimum absolute atomic E-state index is 0.450. The predicted octanol–water partition coefficient (Wildman–Crippen LogP) is 1.71. The number of amides is 1. The first-order valence-corrected chi connectivity index (χ1v) is 5.79. The topological polar surface area (TPSA) is 70.1 Å². The molecule has 4 heteroatoms. The van der Waals surface area contributed by atoms with Crippen LogP contribution in [0.4, 0.5) is 0 Å². The highest BCUT2D eigenvalue weighted by Crippen LogP contribution is 2.34. The Morgan fingerprint density at radius 1 is 1.50 bits per heavy atom. The maximum absolute atomic E-state index is 11.7. The zero-order valence-corrected chi connectivity index (χ0v) is 10.2. The highest BCUT2D eigenvalue weighted by atomic mass is 16.1. The Morgan fingerprint density at radius 2 is 2.17 bits per heavy atom. The first kappa shape index (κ1) is 12.2. The summed E-state index contributed by atoms with van der Waals surface area (Å²) in [5.74, 6) is -0.450. The monoisotopic (exact) mass is 241 g/mol. The Kier molecular flexibility index (Phi) is 3.07. The second-order valence-corrected chi connectivity index (χ2v) is 4.60. The van der Waals surface area contributed by atoms with Crippen LogP contribution in [-0.2, 0) is 4.79 Å². The molecule has 0 radical (unpaired) electrons. The van der Waals surface area contributed by atoms with Gasteiger partial charge in [0.25, 0.3) is 0 Å². The predicted molar refractivity (Wildman–Crippen MR) is 68.0 cm³/mol. The minimum atomic E-state index is -0.713. The van der Waals surface area contributed by atoms with Gasteiger partial charge >= 0.3 is 0 Å². The molecular weight excluding hydrogens is 226 g/mol. The number of carbonyl (C=O) groups is 1. The van der Waals surface area contributed by atoms with Crippen molar-refractivity contribution in [3.8, 4) is 6.07 Å². The third-order valence-electron chi connectivity index (χ3n) is 3.26. The molecule has 0 saturated carbocycles. The first-order chi connectivity index (χ1) is 8.58. The van der Waals surface area contributed by atoms with E-state index in [0.717, 1.165) is 5.56 Å². The van der Waals surface area contributed by atoms with E-state index in [-0.39, 0.29) is 0 Å². The summed E-state index contributed by atoms with van der Waals surface area (Å²) in [5.41, 5.74) is 5.59. The fourth-order valence-electron chi connectivity index (χ4n) is 2.24. The molecule has 1 aliphatic heterocycles. The Bertz CT molecular complexity index is 518. The van der Waals surface area contributed by atoms with Gasteiger partial charge in [-0.2, -0.15) is 5.26 Å². The van der Waals surface area contributed by atoms with Gasteiger partial charge in [-0.1, -0.05) is 36.4 Å². The third kappa shape index (κ3) is 1.95. The molecule has 1 heterocycles. The largest absolute Gasteiger partial charge is 0.368 e. The van der Waals surface area contributed by atoms with Crippen molar-refractivity contribution >= 4 is 5.91 Å². The Morgan fingerprint density at radius 3 is 2.72 bits per heavy atom. The smallest absolute Gasteiger partial charge is 0.244 e. The van der Waals surface area contributed by atoms with Crippen molar-refractivity contribution in [3.63, 3.8) is 0 Å². The lowest BCUT2D eigenvalue weighted by Gasteiger charge is -2.35. The number of nitriles is 1. The average molecular weight is 241 g/mol. The maximum atomic E-state index is 11.7.